The molecule has 1 unspecified atom stereocenters. The Bertz CT molecular complexity index is 873. The summed E-state index contributed by atoms with van der Waals surface area (Å²) in [5.41, 5.74) is 0.490. The Labute approximate surface area is 184 Å². The molecule has 0 bridgehead atoms. The van der Waals surface area contributed by atoms with Gasteiger partial charge in [-0.15, -0.1) is 23.4 Å². The number of esters is 1. The molecule has 0 aliphatic carbocycles. The smallest absolute Gasteiger partial charge is 0.352 e. The van der Waals surface area contributed by atoms with Crippen molar-refractivity contribution >= 4 is 70.2 Å². The first-order valence-electron chi connectivity index (χ1n) is 8.11. The number of methoxy groups -OCH3 is 1. The molecule has 0 radical (unpaired) electrons. The SMILES string of the molecule is COC(=O)CON=C(C(=O)CCl)C(=O)NC1C(=O)N2C(C(=O)O)=C(C=CCl)CS[C@@H]12. The number of aliphatic carboxylic acids is 1. The molecule has 2 amide bonds. The maximum Gasteiger partial charge on any atom is 0.352 e. The van der Waals surface area contributed by atoms with E-state index in [4.69, 9.17) is 23.2 Å². The lowest BCUT2D eigenvalue weighted by atomic mass is 10.0. The van der Waals surface area contributed by atoms with Crippen LogP contribution < -0.4 is 5.32 Å². The monoisotopic (exact) mass is 479 g/mol. The summed E-state index contributed by atoms with van der Waals surface area (Å²) in [7, 11) is 1.11. The Morgan fingerprint density at radius 2 is 2.10 bits per heavy atom. The highest BCUT2D eigenvalue weighted by molar-refractivity contribution is 8.00. The van der Waals surface area contributed by atoms with Gasteiger partial charge in [-0.3, -0.25) is 19.3 Å². The molecule has 11 nitrogen and oxygen atoms in total. The number of ether oxygens (including phenoxy) is 1. The van der Waals surface area contributed by atoms with Crippen molar-refractivity contribution in [3.05, 3.63) is 22.9 Å². The van der Waals surface area contributed by atoms with Crippen LogP contribution in [0.25, 0.3) is 0 Å². The van der Waals surface area contributed by atoms with Crippen molar-refractivity contribution in [2.24, 2.45) is 5.16 Å². The van der Waals surface area contributed by atoms with E-state index in [1.807, 2.05) is 0 Å². The number of oxime groups is 1. The quantitative estimate of drug-likeness (QED) is 0.114. The van der Waals surface area contributed by atoms with E-state index in [-0.39, 0.29) is 11.4 Å². The number of halogens is 2. The van der Waals surface area contributed by atoms with Gasteiger partial charge >= 0.3 is 11.9 Å². The van der Waals surface area contributed by atoms with E-state index in [9.17, 15) is 29.1 Å². The molecule has 0 spiro atoms. The van der Waals surface area contributed by atoms with Crippen LogP contribution in [0, 0.1) is 0 Å². The zero-order valence-electron chi connectivity index (χ0n) is 15.3. The fourth-order valence-corrected chi connectivity index (χ4v) is 4.14. The molecule has 2 aliphatic heterocycles. The second kappa shape index (κ2) is 10.5. The molecular formula is C16H15Cl2N3O8S. The maximum absolute atomic E-state index is 12.5. The first-order chi connectivity index (χ1) is 14.3. The molecule has 1 fully saturated rings. The van der Waals surface area contributed by atoms with Crippen molar-refractivity contribution in [1.29, 1.82) is 0 Å². The number of carbonyl (C=O) groups excluding carboxylic acids is 4. The highest BCUT2D eigenvalue weighted by atomic mass is 35.5. The first-order valence-corrected chi connectivity index (χ1v) is 10.1. The molecule has 2 N–H and O–H groups in total. The first kappa shape index (κ1) is 23.7. The molecule has 0 aromatic carbocycles. The molecule has 2 atom stereocenters. The summed E-state index contributed by atoms with van der Waals surface area (Å²) in [6.07, 6.45) is 1.37. The van der Waals surface area contributed by atoms with E-state index in [1.165, 1.54) is 17.8 Å². The number of nitrogens with one attached hydrogen (secondary N) is 1. The lowest BCUT2D eigenvalue weighted by Crippen LogP contribution is -2.71. The van der Waals surface area contributed by atoms with Crippen LogP contribution in [0.15, 0.2) is 28.0 Å². The third-order valence-electron chi connectivity index (χ3n) is 3.92. The normalized spacial score (nSPS) is 21.1. The summed E-state index contributed by atoms with van der Waals surface area (Å²) in [6, 6.07) is -1.10. The number of β-lactam (4-membered cyclic amide) rings is 1. The Morgan fingerprint density at radius 3 is 2.67 bits per heavy atom. The maximum atomic E-state index is 12.5. The van der Waals surface area contributed by atoms with Crippen LogP contribution in [0.1, 0.15) is 0 Å². The van der Waals surface area contributed by atoms with E-state index in [2.05, 4.69) is 20.0 Å². The predicted octanol–water partition coefficient (Wildman–Crippen LogP) is -0.169. The van der Waals surface area contributed by atoms with Gasteiger partial charge in [0.15, 0.2) is 0 Å². The zero-order valence-corrected chi connectivity index (χ0v) is 17.6. The fourth-order valence-electron chi connectivity index (χ4n) is 2.55. The Kier molecular flexibility index (Phi) is 8.26. The molecule has 1 saturated heterocycles. The average Bonchev–Trinajstić information content (AvgIpc) is 2.73. The van der Waals surface area contributed by atoms with E-state index >= 15 is 0 Å². The molecule has 30 heavy (non-hydrogen) atoms. The van der Waals surface area contributed by atoms with E-state index in [0.29, 0.717) is 5.57 Å². The van der Waals surface area contributed by atoms with Gasteiger partial charge in [0.2, 0.25) is 18.1 Å². The highest BCUT2D eigenvalue weighted by Gasteiger charge is 2.54. The van der Waals surface area contributed by atoms with Gasteiger partial charge < -0.3 is 20.0 Å². The molecule has 2 heterocycles. The van der Waals surface area contributed by atoms with Crippen LogP contribution >= 0.6 is 35.0 Å². The van der Waals surface area contributed by atoms with Crippen molar-refractivity contribution < 1.29 is 38.7 Å². The number of nitrogens with zero attached hydrogens (tertiary/aromatic N) is 2. The summed E-state index contributed by atoms with van der Waals surface area (Å²) in [5.74, 6) is -5.14. The number of ketones is 1. The fraction of sp³-hybridized carbons (Fsp3) is 0.375. The highest BCUT2D eigenvalue weighted by Crippen LogP contribution is 2.40. The minimum Gasteiger partial charge on any atom is -0.477 e. The molecule has 2 rings (SSSR count). The zero-order chi connectivity index (χ0) is 22.4. The minimum absolute atomic E-state index is 0.232. The van der Waals surface area contributed by atoms with Gasteiger partial charge in [0.25, 0.3) is 11.8 Å². The second-order valence-corrected chi connectivity index (χ2v) is 7.30. The number of amides is 2. The van der Waals surface area contributed by atoms with Crippen LogP contribution in [0.3, 0.4) is 0 Å². The molecule has 14 heteroatoms. The van der Waals surface area contributed by atoms with Crippen molar-refractivity contribution in [1.82, 2.24) is 10.2 Å². The summed E-state index contributed by atoms with van der Waals surface area (Å²) in [4.78, 5) is 65.1. The third-order valence-corrected chi connectivity index (χ3v) is 5.59. The molecule has 0 aromatic rings. The number of hydrogen-bond donors (Lipinski definition) is 2. The van der Waals surface area contributed by atoms with Gasteiger partial charge in [-0.25, -0.2) is 9.59 Å². The van der Waals surface area contributed by atoms with Gasteiger partial charge in [0.05, 0.1) is 13.0 Å². The number of carbonyl (C=O) groups is 5. The van der Waals surface area contributed by atoms with Crippen LogP contribution in [0.2, 0.25) is 0 Å². The Balaban J connectivity index is 2.16. The van der Waals surface area contributed by atoms with Crippen LogP contribution in [0.4, 0.5) is 0 Å². The Hall–Kier alpha value is -2.57. The molecule has 0 saturated carbocycles. The molecular weight excluding hydrogens is 465 g/mol. The number of carboxylic acid groups (broad SMARTS) is 1. The van der Waals surface area contributed by atoms with Crippen LogP contribution in [-0.4, -0.2) is 82.0 Å². The van der Waals surface area contributed by atoms with E-state index in [1.54, 1.807) is 0 Å². The van der Waals surface area contributed by atoms with Gasteiger partial charge in [0.1, 0.15) is 17.1 Å². The number of fused-ring (bicyclic) bond motifs is 1. The predicted molar refractivity (Wildman–Crippen MR) is 106 cm³/mol. The number of rotatable bonds is 9. The lowest BCUT2D eigenvalue weighted by Gasteiger charge is -2.49. The Morgan fingerprint density at radius 1 is 1.40 bits per heavy atom. The topological polar surface area (TPSA) is 152 Å². The third kappa shape index (κ3) is 4.94. The van der Waals surface area contributed by atoms with Crippen molar-refractivity contribution in [3.8, 4) is 0 Å². The number of Topliss-reactive ketones (excluding diaryl/α,β-unsaturated/α-hetero) is 1. The molecule has 0 aromatic heterocycles. The van der Waals surface area contributed by atoms with E-state index < -0.39 is 59.2 Å². The van der Waals surface area contributed by atoms with Gasteiger partial charge in [-0.2, -0.15) is 0 Å². The average molecular weight is 480 g/mol. The van der Waals surface area contributed by atoms with Gasteiger partial charge in [-0.05, 0) is 11.6 Å². The minimum atomic E-state index is -1.32. The second-order valence-electron chi connectivity index (χ2n) is 5.68. The number of alkyl halides is 1. The summed E-state index contributed by atoms with van der Waals surface area (Å²) >= 11 is 12.2. The summed E-state index contributed by atoms with van der Waals surface area (Å²) < 4.78 is 4.34. The van der Waals surface area contributed by atoms with Gasteiger partial charge in [-0.1, -0.05) is 16.8 Å². The standard InChI is InChI=1S/C16H15Cl2N3O8S/c1-28-9(23)5-29-20-10(8(22)4-18)13(24)19-11-14(25)21-12(16(26)27)7(2-3-17)6-30-15(11)21/h2-3,11,15H,4-6H2,1H3,(H,19,24)(H,26,27)/t11?,15-/m0/s1. The lowest BCUT2D eigenvalue weighted by molar-refractivity contribution is -0.150. The number of hydrogen-bond acceptors (Lipinski definition) is 9. The summed E-state index contributed by atoms with van der Waals surface area (Å²) in [5, 5.41) is 14.4. The van der Waals surface area contributed by atoms with Crippen molar-refractivity contribution in [2.45, 2.75) is 11.4 Å². The molecule has 2 aliphatic rings. The van der Waals surface area contributed by atoms with Gasteiger partial charge in [0, 0.05) is 11.3 Å². The van der Waals surface area contributed by atoms with E-state index in [0.717, 1.165) is 17.5 Å². The molecule has 162 valence electrons. The number of carboxylic acids is 1. The van der Waals surface area contributed by atoms with Crippen LogP contribution in [-0.2, 0) is 33.5 Å². The van der Waals surface area contributed by atoms with Crippen molar-refractivity contribution in [3.63, 3.8) is 0 Å². The number of thioether (sulfide) groups is 1. The van der Waals surface area contributed by atoms with Crippen LogP contribution in [0.5, 0.6) is 0 Å². The largest absolute Gasteiger partial charge is 0.477 e. The van der Waals surface area contributed by atoms with Crippen molar-refractivity contribution in [2.75, 3.05) is 25.3 Å². The number of allylic oxidation sites excluding steroid dienone is 1. The summed E-state index contributed by atoms with van der Waals surface area (Å²) in [6.45, 7) is -0.652.